The zero-order valence-electron chi connectivity index (χ0n) is 13.6. The van der Waals surface area contributed by atoms with Gasteiger partial charge in [0.05, 0.1) is 12.1 Å². The van der Waals surface area contributed by atoms with Crippen molar-refractivity contribution in [2.24, 2.45) is 0 Å². The first-order chi connectivity index (χ1) is 11.6. The number of carbonyl (C=O) groups excluding carboxylic acids is 1. The van der Waals surface area contributed by atoms with Crippen LogP contribution in [-0.2, 0) is 11.2 Å². The lowest BCUT2D eigenvalue weighted by Gasteiger charge is -2.09. The number of carbonyl (C=O) groups is 2. The van der Waals surface area contributed by atoms with Gasteiger partial charge in [0, 0.05) is 6.42 Å². The number of ether oxygens (including phenoxy) is 1. The van der Waals surface area contributed by atoms with Gasteiger partial charge in [0.25, 0.3) is 0 Å². The second-order valence-corrected chi connectivity index (χ2v) is 5.47. The molecule has 0 fully saturated rings. The van der Waals surface area contributed by atoms with E-state index in [0.717, 1.165) is 16.9 Å². The minimum Gasteiger partial charge on any atom is -0.491 e. The van der Waals surface area contributed by atoms with E-state index in [1.165, 1.54) is 0 Å². The van der Waals surface area contributed by atoms with Gasteiger partial charge < -0.3 is 15.2 Å². The van der Waals surface area contributed by atoms with Gasteiger partial charge in [0.1, 0.15) is 12.4 Å². The van der Waals surface area contributed by atoms with Gasteiger partial charge in [-0.25, -0.2) is 4.79 Å². The maximum atomic E-state index is 11.8. The molecule has 0 heterocycles. The maximum absolute atomic E-state index is 11.8. The minimum absolute atomic E-state index is 0.0503. The standard InChI is InChI=1S/C19H21NO4/c1-14-4-2-3-5-17(14)24-13-12-20-18(21)11-8-15-6-9-16(10-7-15)19(22)23/h2-7,9-10H,8,11-13H2,1H3,(H,20,21)(H,22,23). The quantitative estimate of drug-likeness (QED) is 0.731. The lowest BCUT2D eigenvalue weighted by molar-refractivity contribution is -0.121. The van der Waals surface area contributed by atoms with Crippen molar-refractivity contribution in [2.75, 3.05) is 13.2 Å². The number of carboxylic acid groups (broad SMARTS) is 1. The van der Waals surface area contributed by atoms with E-state index in [4.69, 9.17) is 9.84 Å². The summed E-state index contributed by atoms with van der Waals surface area (Å²) in [6, 6.07) is 14.3. The highest BCUT2D eigenvalue weighted by atomic mass is 16.5. The summed E-state index contributed by atoms with van der Waals surface area (Å²) in [6.45, 7) is 2.85. The largest absolute Gasteiger partial charge is 0.491 e. The van der Waals surface area contributed by atoms with Crippen LogP contribution in [0.4, 0.5) is 0 Å². The van der Waals surface area contributed by atoms with Crippen molar-refractivity contribution in [3.63, 3.8) is 0 Å². The SMILES string of the molecule is Cc1ccccc1OCCNC(=O)CCc1ccc(C(=O)O)cc1. The molecule has 0 saturated heterocycles. The third kappa shape index (κ3) is 5.43. The van der Waals surface area contributed by atoms with Crippen molar-refractivity contribution in [3.8, 4) is 5.75 Å². The number of aryl methyl sites for hydroxylation is 2. The molecule has 0 spiro atoms. The first kappa shape index (κ1) is 17.5. The molecule has 0 unspecified atom stereocenters. The van der Waals surface area contributed by atoms with Crippen LogP contribution in [0, 0.1) is 6.92 Å². The second kappa shape index (κ2) is 8.72. The number of benzene rings is 2. The summed E-state index contributed by atoms with van der Waals surface area (Å²) >= 11 is 0. The fraction of sp³-hybridized carbons (Fsp3) is 0.263. The van der Waals surface area contributed by atoms with Gasteiger partial charge in [0.2, 0.25) is 5.91 Å². The van der Waals surface area contributed by atoms with Gasteiger partial charge >= 0.3 is 5.97 Å². The van der Waals surface area contributed by atoms with Crippen molar-refractivity contribution in [3.05, 3.63) is 65.2 Å². The number of hydrogen-bond acceptors (Lipinski definition) is 3. The van der Waals surface area contributed by atoms with E-state index in [1.807, 2.05) is 31.2 Å². The Hall–Kier alpha value is -2.82. The van der Waals surface area contributed by atoms with E-state index in [9.17, 15) is 9.59 Å². The highest BCUT2D eigenvalue weighted by Gasteiger charge is 2.05. The summed E-state index contributed by atoms with van der Waals surface area (Å²) < 4.78 is 5.62. The normalized spacial score (nSPS) is 10.2. The van der Waals surface area contributed by atoms with E-state index in [2.05, 4.69) is 5.32 Å². The van der Waals surface area contributed by atoms with E-state index in [0.29, 0.717) is 26.0 Å². The third-order valence-electron chi connectivity index (χ3n) is 3.62. The average Bonchev–Trinajstić information content (AvgIpc) is 2.58. The van der Waals surface area contributed by atoms with Crippen LogP contribution in [0.3, 0.4) is 0 Å². The molecule has 0 aliphatic heterocycles. The molecule has 0 aromatic heterocycles. The van der Waals surface area contributed by atoms with Gasteiger partial charge in [-0.15, -0.1) is 0 Å². The van der Waals surface area contributed by atoms with Crippen molar-refractivity contribution < 1.29 is 19.4 Å². The molecule has 0 radical (unpaired) electrons. The molecular weight excluding hydrogens is 306 g/mol. The average molecular weight is 327 g/mol. The van der Waals surface area contributed by atoms with E-state index >= 15 is 0 Å². The Morgan fingerprint density at radius 1 is 1.08 bits per heavy atom. The second-order valence-electron chi connectivity index (χ2n) is 5.47. The maximum Gasteiger partial charge on any atom is 0.335 e. The summed E-state index contributed by atoms with van der Waals surface area (Å²) in [5, 5.41) is 11.7. The number of rotatable bonds is 8. The number of carboxylic acids is 1. The molecule has 5 heteroatoms. The Morgan fingerprint density at radius 2 is 1.79 bits per heavy atom. The molecule has 126 valence electrons. The summed E-state index contributed by atoms with van der Waals surface area (Å²) in [5.41, 5.74) is 2.25. The minimum atomic E-state index is -0.951. The summed E-state index contributed by atoms with van der Waals surface area (Å²) in [5.74, 6) is -0.177. The predicted molar refractivity (Wildman–Crippen MR) is 91.4 cm³/mol. The first-order valence-electron chi connectivity index (χ1n) is 7.83. The van der Waals surface area contributed by atoms with Gasteiger partial charge in [0.15, 0.2) is 0 Å². The molecule has 2 aromatic carbocycles. The summed E-state index contributed by atoms with van der Waals surface area (Å²) in [4.78, 5) is 22.6. The molecule has 0 aliphatic rings. The number of aromatic carboxylic acids is 1. The van der Waals surface area contributed by atoms with Gasteiger partial charge in [-0.05, 0) is 42.7 Å². The van der Waals surface area contributed by atoms with Crippen LogP contribution < -0.4 is 10.1 Å². The van der Waals surface area contributed by atoms with E-state index in [1.54, 1.807) is 24.3 Å². The molecule has 2 N–H and O–H groups in total. The van der Waals surface area contributed by atoms with Crippen molar-refractivity contribution in [2.45, 2.75) is 19.8 Å². The van der Waals surface area contributed by atoms with Crippen molar-refractivity contribution in [1.82, 2.24) is 5.32 Å². The molecular formula is C19H21NO4. The zero-order valence-corrected chi connectivity index (χ0v) is 13.6. The lowest BCUT2D eigenvalue weighted by Crippen LogP contribution is -2.28. The fourth-order valence-electron chi connectivity index (χ4n) is 2.23. The van der Waals surface area contributed by atoms with Crippen LogP contribution in [-0.4, -0.2) is 30.1 Å². The van der Waals surface area contributed by atoms with Crippen molar-refractivity contribution >= 4 is 11.9 Å². The lowest BCUT2D eigenvalue weighted by atomic mass is 10.1. The molecule has 0 bridgehead atoms. The topological polar surface area (TPSA) is 75.6 Å². The molecule has 0 atom stereocenters. The Morgan fingerprint density at radius 3 is 2.46 bits per heavy atom. The molecule has 0 aliphatic carbocycles. The zero-order chi connectivity index (χ0) is 17.4. The van der Waals surface area contributed by atoms with Crippen LogP contribution in [0.25, 0.3) is 0 Å². The molecule has 5 nitrogen and oxygen atoms in total. The van der Waals surface area contributed by atoms with Gasteiger partial charge in [-0.1, -0.05) is 30.3 Å². The Labute approximate surface area is 141 Å². The Kier molecular flexibility index (Phi) is 6.37. The molecule has 0 saturated carbocycles. The number of nitrogens with one attached hydrogen (secondary N) is 1. The van der Waals surface area contributed by atoms with Crippen LogP contribution in [0.1, 0.15) is 27.9 Å². The Balaban J connectivity index is 1.66. The number of amides is 1. The highest BCUT2D eigenvalue weighted by Crippen LogP contribution is 2.15. The smallest absolute Gasteiger partial charge is 0.335 e. The first-order valence-corrected chi connectivity index (χ1v) is 7.83. The fourth-order valence-corrected chi connectivity index (χ4v) is 2.23. The summed E-state index contributed by atoms with van der Waals surface area (Å²) in [7, 11) is 0. The van der Waals surface area contributed by atoms with Crippen LogP contribution in [0.5, 0.6) is 5.75 Å². The van der Waals surface area contributed by atoms with E-state index < -0.39 is 5.97 Å². The van der Waals surface area contributed by atoms with Gasteiger partial charge in [-0.3, -0.25) is 4.79 Å². The number of hydrogen-bond donors (Lipinski definition) is 2. The Bertz CT molecular complexity index is 695. The van der Waals surface area contributed by atoms with Crippen LogP contribution >= 0.6 is 0 Å². The molecule has 24 heavy (non-hydrogen) atoms. The monoisotopic (exact) mass is 327 g/mol. The highest BCUT2D eigenvalue weighted by molar-refractivity contribution is 5.87. The molecule has 1 amide bonds. The number of para-hydroxylation sites is 1. The summed E-state index contributed by atoms with van der Waals surface area (Å²) in [6.07, 6.45) is 0.932. The van der Waals surface area contributed by atoms with Gasteiger partial charge in [-0.2, -0.15) is 0 Å². The molecule has 2 aromatic rings. The van der Waals surface area contributed by atoms with Crippen molar-refractivity contribution in [1.29, 1.82) is 0 Å². The van der Waals surface area contributed by atoms with Crippen LogP contribution in [0.15, 0.2) is 48.5 Å². The van der Waals surface area contributed by atoms with E-state index in [-0.39, 0.29) is 11.5 Å². The molecule has 2 rings (SSSR count). The third-order valence-corrected chi connectivity index (χ3v) is 3.62. The predicted octanol–water partition coefficient (Wildman–Crippen LogP) is 2.82. The van der Waals surface area contributed by atoms with Crippen LogP contribution in [0.2, 0.25) is 0 Å².